The smallest absolute Gasteiger partial charge is 0.119 e. The lowest BCUT2D eigenvalue weighted by Gasteiger charge is -2.22. The molecule has 0 amide bonds. The molecule has 0 aliphatic heterocycles. The summed E-state index contributed by atoms with van der Waals surface area (Å²) in [6.07, 6.45) is 2.13. The lowest BCUT2D eigenvalue weighted by Crippen LogP contribution is -2.10. The van der Waals surface area contributed by atoms with Crippen LogP contribution in [0.4, 0.5) is 0 Å². The second-order valence-electron chi connectivity index (χ2n) is 3.21. The summed E-state index contributed by atoms with van der Waals surface area (Å²) in [6, 6.07) is 1.82. The summed E-state index contributed by atoms with van der Waals surface area (Å²) >= 11 is 7.04. The zero-order valence-corrected chi connectivity index (χ0v) is 10.7. The highest BCUT2D eigenvalue weighted by Gasteiger charge is 2.21. The molecule has 0 saturated carbocycles. The zero-order chi connectivity index (χ0) is 10.7. The standard InChI is InChI=1S/C9H9BrO.CH5NS/c1-5-4-8(11)6-2-3-7(6)9(5)10;1-2-3/h4,11H,2-3H2,1H3;2-3H,1H3. The number of phenolic OH excluding ortho intramolecular Hbond substituents is 1. The van der Waals surface area contributed by atoms with E-state index in [9.17, 15) is 5.11 Å². The lowest BCUT2D eigenvalue weighted by atomic mass is 9.86. The van der Waals surface area contributed by atoms with Gasteiger partial charge in [-0.25, -0.2) is 0 Å². The minimum Gasteiger partial charge on any atom is -0.508 e. The number of hydrogen-bond donors (Lipinski definition) is 3. The lowest BCUT2D eigenvalue weighted by molar-refractivity contribution is 0.460. The highest BCUT2D eigenvalue weighted by Crippen LogP contribution is 2.38. The summed E-state index contributed by atoms with van der Waals surface area (Å²) in [5, 5.41) is 9.44. The van der Waals surface area contributed by atoms with E-state index in [2.05, 4.69) is 33.5 Å². The minimum absolute atomic E-state index is 0.465. The molecule has 14 heavy (non-hydrogen) atoms. The Labute approximate surface area is 98.4 Å². The summed E-state index contributed by atoms with van der Waals surface area (Å²) in [6.45, 7) is 2.00. The van der Waals surface area contributed by atoms with Gasteiger partial charge in [-0.3, -0.25) is 4.72 Å². The van der Waals surface area contributed by atoms with E-state index in [1.165, 1.54) is 10.0 Å². The third kappa shape index (κ3) is 2.24. The van der Waals surface area contributed by atoms with Gasteiger partial charge in [0, 0.05) is 4.47 Å². The van der Waals surface area contributed by atoms with Crippen LogP contribution in [0.15, 0.2) is 10.5 Å². The number of rotatable bonds is 0. The van der Waals surface area contributed by atoms with Crippen LogP contribution in [0.3, 0.4) is 0 Å². The minimum atomic E-state index is 0.465. The summed E-state index contributed by atoms with van der Waals surface area (Å²) in [5.41, 5.74) is 3.55. The molecule has 0 atom stereocenters. The molecule has 2 nitrogen and oxygen atoms in total. The van der Waals surface area contributed by atoms with Crippen molar-refractivity contribution in [3.63, 3.8) is 0 Å². The summed E-state index contributed by atoms with van der Waals surface area (Å²) < 4.78 is 3.62. The van der Waals surface area contributed by atoms with Crippen LogP contribution in [0.2, 0.25) is 0 Å². The maximum absolute atomic E-state index is 9.44. The number of nitrogens with one attached hydrogen (secondary N) is 1. The molecule has 0 radical (unpaired) electrons. The zero-order valence-electron chi connectivity index (χ0n) is 8.26. The maximum atomic E-state index is 9.44. The van der Waals surface area contributed by atoms with Crippen molar-refractivity contribution in [3.05, 3.63) is 27.2 Å². The van der Waals surface area contributed by atoms with Gasteiger partial charge in [-0.15, -0.1) is 0 Å². The van der Waals surface area contributed by atoms with Gasteiger partial charge in [0.25, 0.3) is 0 Å². The Bertz CT molecular complexity index is 321. The number of benzene rings is 1. The number of hydrogen-bond acceptors (Lipinski definition) is 3. The fourth-order valence-corrected chi connectivity index (χ4v) is 2.05. The number of aromatic hydroxyl groups is 1. The molecule has 0 fully saturated rings. The van der Waals surface area contributed by atoms with Crippen LogP contribution in [0.1, 0.15) is 16.7 Å². The first-order valence-electron chi connectivity index (χ1n) is 4.42. The van der Waals surface area contributed by atoms with Gasteiger partial charge in [0.15, 0.2) is 0 Å². The summed E-state index contributed by atoms with van der Waals surface area (Å²) in [7, 11) is 1.74. The molecule has 2 rings (SSSR count). The highest BCUT2D eigenvalue weighted by molar-refractivity contribution is 9.10. The highest BCUT2D eigenvalue weighted by atomic mass is 79.9. The van der Waals surface area contributed by atoms with Gasteiger partial charge < -0.3 is 5.11 Å². The third-order valence-electron chi connectivity index (χ3n) is 2.26. The van der Waals surface area contributed by atoms with Gasteiger partial charge in [-0.05, 0) is 49.6 Å². The first-order valence-corrected chi connectivity index (χ1v) is 5.66. The van der Waals surface area contributed by atoms with Crippen molar-refractivity contribution in [2.45, 2.75) is 19.8 Å². The number of aryl methyl sites for hydroxylation is 1. The van der Waals surface area contributed by atoms with Crippen LogP contribution < -0.4 is 4.72 Å². The van der Waals surface area contributed by atoms with E-state index in [1.54, 1.807) is 7.05 Å². The van der Waals surface area contributed by atoms with Crippen LogP contribution in [0.5, 0.6) is 5.75 Å². The molecule has 4 heteroatoms. The molecule has 0 heterocycles. The molecule has 0 bridgehead atoms. The van der Waals surface area contributed by atoms with Gasteiger partial charge in [-0.2, -0.15) is 0 Å². The monoisotopic (exact) mass is 275 g/mol. The Morgan fingerprint density at radius 1 is 1.43 bits per heavy atom. The predicted octanol–water partition coefficient (Wildman–Crippen LogP) is 2.61. The van der Waals surface area contributed by atoms with E-state index in [0.29, 0.717) is 5.75 Å². The van der Waals surface area contributed by atoms with Gasteiger partial charge in [0.05, 0.1) is 0 Å². The first-order chi connectivity index (χ1) is 6.61. The Morgan fingerprint density at radius 2 is 1.93 bits per heavy atom. The van der Waals surface area contributed by atoms with Crippen LogP contribution in [-0.4, -0.2) is 12.2 Å². The molecule has 78 valence electrons. The topological polar surface area (TPSA) is 32.3 Å². The second-order valence-corrected chi connectivity index (χ2v) is 4.45. The fraction of sp³-hybridized carbons (Fsp3) is 0.400. The summed E-state index contributed by atoms with van der Waals surface area (Å²) in [4.78, 5) is 0. The van der Waals surface area contributed by atoms with Crippen molar-refractivity contribution < 1.29 is 5.11 Å². The molecule has 1 aliphatic rings. The Morgan fingerprint density at radius 3 is 2.36 bits per heavy atom. The molecule has 1 aliphatic carbocycles. The van der Waals surface area contributed by atoms with E-state index in [0.717, 1.165) is 24.0 Å². The van der Waals surface area contributed by atoms with E-state index in [4.69, 9.17) is 0 Å². The Hall–Kier alpha value is -0.190. The van der Waals surface area contributed by atoms with Crippen molar-refractivity contribution in [3.8, 4) is 5.75 Å². The van der Waals surface area contributed by atoms with E-state index in [-0.39, 0.29) is 0 Å². The normalized spacial score (nSPS) is 12.3. The largest absolute Gasteiger partial charge is 0.508 e. The van der Waals surface area contributed by atoms with Crippen LogP contribution >= 0.6 is 28.7 Å². The fourth-order valence-electron chi connectivity index (χ4n) is 1.49. The van der Waals surface area contributed by atoms with Crippen molar-refractivity contribution >= 4 is 28.7 Å². The maximum Gasteiger partial charge on any atom is 0.119 e. The van der Waals surface area contributed by atoms with Crippen molar-refractivity contribution in [2.24, 2.45) is 0 Å². The van der Waals surface area contributed by atoms with Crippen LogP contribution in [-0.2, 0) is 12.8 Å². The SMILES string of the molecule is CNS.Cc1cc(O)c2c(c1Br)CC2. The first kappa shape index (κ1) is 11.9. The quantitative estimate of drug-likeness (QED) is 0.636. The number of thiol groups is 1. The average Bonchev–Trinajstić information content (AvgIpc) is 2.00. The van der Waals surface area contributed by atoms with Gasteiger partial charge in [-0.1, -0.05) is 28.7 Å². The Balaban J connectivity index is 0.000000293. The Kier molecular flexibility index (Phi) is 4.29. The van der Waals surface area contributed by atoms with Crippen LogP contribution in [0.25, 0.3) is 0 Å². The van der Waals surface area contributed by atoms with E-state index >= 15 is 0 Å². The van der Waals surface area contributed by atoms with Crippen molar-refractivity contribution in [1.82, 2.24) is 4.72 Å². The molecule has 1 aromatic carbocycles. The molecular formula is C10H14BrNOS. The molecule has 0 spiro atoms. The van der Waals surface area contributed by atoms with Crippen molar-refractivity contribution in [2.75, 3.05) is 7.05 Å². The molecular weight excluding hydrogens is 262 g/mol. The molecule has 2 N–H and O–H groups in total. The molecule has 1 aromatic rings. The average molecular weight is 276 g/mol. The molecule has 0 unspecified atom stereocenters. The molecule has 0 saturated heterocycles. The van der Waals surface area contributed by atoms with E-state index < -0.39 is 0 Å². The number of halogens is 1. The van der Waals surface area contributed by atoms with E-state index in [1.807, 2.05) is 13.0 Å². The van der Waals surface area contributed by atoms with Crippen molar-refractivity contribution in [1.29, 1.82) is 0 Å². The predicted molar refractivity (Wildman–Crippen MR) is 66.0 cm³/mol. The third-order valence-corrected chi connectivity index (χ3v) is 3.37. The van der Waals surface area contributed by atoms with Gasteiger partial charge in [0.2, 0.25) is 0 Å². The molecule has 0 aromatic heterocycles. The second kappa shape index (κ2) is 5.05. The number of fused-ring (bicyclic) bond motifs is 1. The van der Waals surface area contributed by atoms with Gasteiger partial charge in [0.1, 0.15) is 5.75 Å². The summed E-state index contributed by atoms with van der Waals surface area (Å²) in [5.74, 6) is 0.465. The number of phenols is 1. The van der Waals surface area contributed by atoms with Gasteiger partial charge >= 0.3 is 0 Å². The van der Waals surface area contributed by atoms with Crippen LogP contribution in [0, 0.1) is 6.92 Å².